The number of hydrogen-bond acceptors (Lipinski definition) is 2. The van der Waals surface area contributed by atoms with Gasteiger partial charge in [-0.3, -0.25) is 0 Å². The van der Waals surface area contributed by atoms with Crippen LogP contribution in [0.2, 0.25) is 0 Å². The van der Waals surface area contributed by atoms with E-state index in [2.05, 4.69) is 26.5 Å². The minimum absolute atomic E-state index is 0.218. The summed E-state index contributed by atoms with van der Waals surface area (Å²) < 4.78 is 18.8. The quantitative estimate of drug-likeness (QED) is 0.774. The van der Waals surface area contributed by atoms with Gasteiger partial charge in [0.1, 0.15) is 11.6 Å². The molecule has 0 N–H and O–H groups in total. The van der Waals surface area contributed by atoms with Gasteiger partial charge in [-0.15, -0.1) is 0 Å². The third kappa shape index (κ3) is 3.71. The number of hydrogen-bond donors (Lipinski definition) is 1. The highest BCUT2D eigenvalue weighted by molar-refractivity contribution is 7.80. The molecule has 0 bridgehead atoms. The van der Waals surface area contributed by atoms with E-state index in [0.717, 1.165) is 5.75 Å². The first-order chi connectivity index (χ1) is 7.54. The van der Waals surface area contributed by atoms with E-state index in [4.69, 9.17) is 4.74 Å². The normalized spacial score (nSPS) is 12.9. The maximum absolute atomic E-state index is 13.2. The lowest BCUT2D eigenvalue weighted by Crippen LogP contribution is -2.19. The molecule has 1 aromatic carbocycles. The summed E-state index contributed by atoms with van der Waals surface area (Å²) in [6.45, 7) is 6.60. The fourth-order valence-corrected chi connectivity index (χ4v) is 1.85. The van der Waals surface area contributed by atoms with Gasteiger partial charge in [0.2, 0.25) is 0 Å². The number of thiol groups is 1. The number of aryl methyl sites for hydroxylation is 1. The van der Waals surface area contributed by atoms with Crippen molar-refractivity contribution in [3.63, 3.8) is 0 Å². The van der Waals surface area contributed by atoms with Gasteiger partial charge in [0.15, 0.2) is 0 Å². The van der Waals surface area contributed by atoms with E-state index in [1.807, 2.05) is 0 Å². The number of ether oxygens (including phenoxy) is 1. The monoisotopic (exact) mass is 242 g/mol. The summed E-state index contributed by atoms with van der Waals surface area (Å²) in [6, 6.07) is 4.97. The largest absolute Gasteiger partial charge is 0.493 e. The molecule has 0 radical (unpaired) electrons. The Morgan fingerprint density at radius 2 is 2.06 bits per heavy atom. The van der Waals surface area contributed by atoms with Crippen molar-refractivity contribution in [2.75, 3.05) is 12.4 Å². The summed E-state index contributed by atoms with van der Waals surface area (Å²) in [7, 11) is 0. The Morgan fingerprint density at radius 1 is 1.38 bits per heavy atom. The second-order valence-electron chi connectivity index (χ2n) is 4.41. The van der Waals surface area contributed by atoms with Crippen molar-refractivity contribution in [3.05, 3.63) is 29.6 Å². The van der Waals surface area contributed by atoms with Crippen molar-refractivity contribution in [1.29, 1.82) is 0 Å². The SMILES string of the molecule is Cc1ccc(OCC(CS)C(C)C)cc1F. The summed E-state index contributed by atoms with van der Waals surface area (Å²) in [5, 5.41) is 0. The molecule has 0 aromatic heterocycles. The van der Waals surface area contributed by atoms with Gasteiger partial charge in [0.05, 0.1) is 6.61 Å². The van der Waals surface area contributed by atoms with Crippen molar-refractivity contribution in [2.24, 2.45) is 11.8 Å². The number of halogens is 1. The molecule has 0 saturated carbocycles. The minimum Gasteiger partial charge on any atom is -0.493 e. The van der Waals surface area contributed by atoms with Gasteiger partial charge in [0, 0.05) is 12.0 Å². The zero-order valence-electron chi connectivity index (χ0n) is 10.0. The zero-order chi connectivity index (χ0) is 12.1. The van der Waals surface area contributed by atoms with Crippen LogP contribution in [0, 0.1) is 24.6 Å². The molecule has 1 nitrogen and oxygen atoms in total. The molecule has 0 amide bonds. The lowest BCUT2D eigenvalue weighted by atomic mass is 9.99. The van der Waals surface area contributed by atoms with Gasteiger partial charge in [0.25, 0.3) is 0 Å². The highest BCUT2D eigenvalue weighted by Gasteiger charge is 2.12. The van der Waals surface area contributed by atoms with Crippen molar-refractivity contribution in [1.82, 2.24) is 0 Å². The fourth-order valence-electron chi connectivity index (χ4n) is 1.32. The zero-order valence-corrected chi connectivity index (χ0v) is 10.9. The Labute approximate surface area is 102 Å². The van der Waals surface area contributed by atoms with Gasteiger partial charge >= 0.3 is 0 Å². The topological polar surface area (TPSA) is 9.23 Å². The van der Waals surface area contributed by atoms with Crippen LogP contribution >= 0.6 is 12.6 Å². The summed E-state index contributed by atoms with van der Waals surface area (Å²) in [4.78, 5) is 0. The van der Waals surface area contributed by atoms with E-state index in [1.165, 1.54) is 6.07 Å². The molecular weight excluding hydrogens is 223 g/mol. The first-order valence-corrected chi connectivity index (χ1v) is 6.17. The van der Waals surface area contributed by atoms with Crippen LogP contribution in [0.4, 0.5) is 4.39 Å². The second kappa shape index (κ2) is 6.14. The first-order valence-electron chi connectivity index (χ1n) is 5.54. The van der Waals surface area contributed by atoms with Crippen LogP contribution in [0.15, 0.2) is 18.2 Å². The predicted octanol–water partition coefficient (Wildman–Crippen LogP) is 3.71. The first kappa shape index (κ1) is 13.4. The summed E-state index contributed by atoms with van der Waals surface area (Å²) in [5.41, 5.74) is 0.641. The maximum atomic E-state index is 13.2. The molecule has 0 aliphatic carbocycles. The number of rotatable bonds is 5. The predicted molar refractivity (Wildman–Crippen MR) is 68.8 cm³/mol. The highest BCUT2D eigenvalue weighted by Crippen LogP contribution is 2.19. The van der Waals surface area contributed by atoms with Crippen LogP contribution in [0.25, 0.3) is 0 Å². The molecule has 0 fully saturated rings. The maximum Gasteiger partial charge on any atom is 0.129 e. The smallest absolute Gasteiger partial charge is 0.129 e. The molecule has 90 valence electrons. The molecule has 3 heteroatoms. The van der Waals surface area contributed by atoms with Crippen molar-refractivity contribution >= 4 is 12.6 Å². The Hall–Kier alpha value is -0.700. The Morgan fingerprint density at radius 3 is 2.56 bits per heavy atom. The van der Waals surface area contributed by atoms with E-state index in [0.29, 0.717) is 29.8 Å². The van der Waals surface area contributed by atoms with E-state index in [1.54, 1.807) is 19.1 Å². The van der Waals surface area contributed by atoms with Gasteiger partial charge in [-0.25, -0.2) is 4.39 Å². The standard InChI is InChI=1S/C13H19FOS/c1-9(2)11(8-16)7-15-12-5-4-10(3)13(14)6-12/h4-6,9,11,16H,7-8H2,1-3H3. The second-order valence-corrected chi connectivity index (χ2v) is 4.77. The Balaban J connectivity index is 2.57. The van der Waals surface area contributed by atoms with Crippen molar-refractivity contribution < 1.29 is 9.13 Å². The molecule has 1 atom stereocenters. The third-order valence-corrected chi connectivity index (χ3v) is 3.25. The van der Waals surface area contributed by atoms with Gasteiger partial charge < -0.3 is 4.74 Å². The molecular formula is C13H19FOS. The van der Waals surface area contributed by atoms with Crippen molar-refractivity contribution in [2.45, 2.75) is 20.8 Å². The van der Waals surface area contributed by atoms with Gasteiger partial charge in [-0.2, -0.15) is 12.6 Å². The third-order valence-electron chi connectivity index (χ3n) is 2.78. The lowest BCUT2D eigenvalue weighted by Gasteiger charge is -2.19. The summed E-state index contributed by atoms with van der Waals surface area (Å²) >= 11 is 4.28. The molecule has 1 rings (SSSR count). The van der Waals surface area contributed by atoms with Crippen LogP contribution in [0.1, 0.15) is 19.4 Å². The molecule has 0 saturated heterocycles. The average Bonchev–Trinajstić information content (AvgIpc) is 2.23. The molecule has 1 aromatic rings. The van der Waals surface area contributed by atoms with E-state index in [-0.39, 0.29) is 5.82 Å². The Kier molecular flexibility index (Phi) is 5.13. The molecule has 1 unspecified atom stereocenters. The minimum atomic E-state index is -0.218. The van der Waals surface area contributed by atoms with E-state index >= 15 is 0 Å². The molecule has 0 aliphatic heterocycles. The Bertz CT molecular complexity index is 339. The lowest BCUT2D eigenvalue weighted by molar-refractivity contribution is 0.226. The molecule has 0 heterocycles. The van der Waals surface area contributed by atoms with Crippen LogP contribution in [0.5, 0.6) is 5.75 Å². The van der Waals surface area contributed by atoms with Crippen LogP contribution in [0.3, 0.4) is 0 Å². The van der Waals surface area contributed by atoms with Crippen molar-refractivity contribution in [3.8, 4) is 5.75 Å². The van der Waals surface area contributed by atoms with Crippen LogP contribution in [-0.2, 0) is 0 Å². The van der Waals surface area contributed by atoms with E-state index in [9.17, 15) is 4.39 Å². The van der Waals surface area contributed by atoms with E-state index < -0.39 is 0 Å². The highest BCUT2D eigenvalue weighted by atomic mass is 32.1. The summed E-state index contributed by atoms with van der Waals surface area (Å²) in [6.07, 6.45) is 0. The van der Waals surface area contributed by atoms with Crippen LogP contribution < -0.4 is 4.74 Å². The molecule has 0 aliphatic rings. The average molecular weight is 242 g/mol. The van der Waals surface area contributed by atoms with Gasteiger partial charge in [-0.1, -0.05) is 19.9 Å². The molecule has 16 heavy (non-hydrogen) atoms. The fraction of sp³-hybridized carbons (Fsp3) is 0.538. The summed E-state index contributed by atoms with van der Waals surface area (Å²) in [5.74, 6) is 2.08. The molecule has 0 spiro atoms. The van der Waals surface area contributed by atoms with Gasteiger partial charge in [-0.05, 0) is 30.2 Å². The van der Waals surface area contributed by atoms with Crippen LogP contribution in [-0.4, -0.2) is 12.4 Å². The number of benzene rings is 1.